The summed E-state index contributed by atoms with van der Waals surface area (Å²) in [6, 6.07) is 10.6. The van der Waals surface area contributed by atoms with Crippen molar-refractivity contribution in [1.82, 2.24) is 9.97 Å². The summed E-state index contributed by atoms with van der Waals surface area (Å²) in [6.07, 6.45) is 2.02. The van der Waals surface area contributed by atoms with Crippen molar-refractivity contribution < 1.29 is 19.4 Å². The molecule has 1 aromatic carbocycles. The van der Waals surface area contributed by atoms with Gasteiger partial charge in [-0.25, -0.2) is 19.7 Å². The minimum atomic E-state index is -1.18. The molecule has 1 heterocycles. The van der Waals surface area contributed by atoms with E-state index in [0.717, 1.165) is 10.5 Å². The predicted molar refractivity (Wildman–Crippen MR) is 73.6 cm³/mol. The van der Waals surface area contributed by atoms with Gasteiger partial charge in [-0.05, 0) is 11.6 Å². The summed E-state index contributed by atoms with van der Waals surface area (Å²) in [5, 5.41) is 8.87. The quantitative estimate of drug-likeness (QED) is 0.899. The monoisotopic (exact) mass is 287 g/mol. The Kier molecular flexibility index (Phi) is 4.81. The molecule has 0 saturated carbocycles. The first-order valence-electron chi connectivity index (χ1n) is 6.14. The Labute approximate surface area is 120 Å². The fourth-order valence-electron chi connectivity index (χ4n) is 1.58. The lowest BCUT2D eigenvalue weighted by molar-refractivity contribution is -0.135. The SMILES string of the molecule is O=C(O)CN(C(=O)OCc1ccccc1)c1ncccn1. The molecule has 0 radical (unpaired) electrons. The molecule has 1 amide bonds. The van der Waals surface area contributed by atoms with Crippen molar-refractivity contribution in [2.24, 2.45) is 0 Å². The van der Waals surface area contributed by atoms with E-state index in [0.29, 0.717) is 0 Å². The number of aromatic nitrogens is 2. The van der Waals surface area contributed by atoms with E-state index in [-0.39, 0.29) is 12.6 Å². The van der Waals surface area contributed by atoms with Crippen molar-refractivity contribution in [1.29, 1.82) is 0 Å². The molecule has 2 aromatic rings. The molecule has 0 fully saturated rings. The molecule has 21 heavy (non-hydrogen) atoms. The third kappa shape index (κ3) is 4.27. The molecule has 0 aliphatic rings. The van der Waals surface area contributed by atoms with Crippen LogP contribution in [-0.4, -0.2) is 33.7 Å². The average Bonchev–Trinajstić information content (AvgIpc) is 2.52. The molecular formula is C14H13N3O4. The van der Waals surface area contributed by atoms with Gasteiger partial charge in [0.05, 0.1) is 0 Å². The number of rotatable bonds is 5. The number of carbonyl (C=O) groups is 2. The van der Waals surface area contributed by atoms with Crippen LogP contribution in [0.4, 0.5) is 10.7 Å². The highest BCUT2D eigenvalue weighted by Crippen LogP contribution is 2.09. The summed E-state index contributed by atoms with van der Waals surface area (Å²) >= 11 is 0. The van der Waals surface area contributed by atoms with E-state index >= 15 is 0 Å². The maximum atomic E-state index is 12.0. The molecule has 0 unspecified atom stereocenters. The zero-order valence-corrected chi connectivity index (χ0v) is 11.0. The van der Waals surface area contributed by atoms with Gasteiger partial charge >= 0.3 is 12.1 Å². The standard InChI is InChI=1S/C14H13N3O4/c18-12(19)9-17(13-15-7-4-8-16-13)14(20)21-10-11-5-2-1-3-6-11/h1-8H,9-10H2,(H,18,19). The number of carboxylic acid groups (broad SMARTS) is 1. The van der Waals surface area contributed by atoms with Gasteiger partial charge in [-0.15, -0.1) is 0 Å². The van der Waals surface area contributed by atoms with Crippen LogP contribution in [-0.2, 0) is 16.1 Å². The number of ether oxygens (including phenoxy) is 1. The van der Waals surface area contributed by atoms with Crippen molar-refractivity contribution in [3.8, 4) is 0 Å². The number of hydrogen-bond acceptors (Lipinski definition) is 5. The molecule has 7 heteroatoms. The Morgan fingerprint density at radius 1 is 1.10 bits per heavy atom. The summed E-state index contributed by atoms with van der Waals surface area (Å²) in [7, 11) is 0. The second-order valence-corrected chi connectivity index (χ2v) is 4.07. The fraction of sp³-hybridized carbons (Fsp3) is 0.143. The Bertz CT molecular complexity index is 604. The van der Waals surface area contributed by atoms with Crippen LogP contribution in [0.5, 0.6) is 0 Å². The lowest BCUT2D eigenvalue weighted by atomic mass is 10.2. The second kappa shape index (κ2) is 6.99. The number of carbonyl (C=O) groups excluding carboxylic acids is 1. The molecule has 7 nitrogen and oxygen atoms in total. The molecule has 108 valence electrons. The number of benzene rings is 1. The van der Waals surface area contributed by atoms with Crippen LogP contribution in [0.15, 0.2) is 48.8 Å². The Morgan fingerprint density at radius 2 is 1.76 bits per heavy atom. The van der Waals surface area contributed by atoms with E-state index in [1.165, 1.54) is 12.4 Å². The lowest BCUT2D eigenvalue weighted by Crippen LogP contribution is -2.37. The smallest absolute Gasteiger partial charge is 0.417 e. The van der Waals surface area contributed by atoms with Gasteiger partial charge in [-0.1, -0.05) is 30.3 Å². The van der Waals surface area contributed by atoms with Gasteiger partial charge in [-0.2, -0.15) is 0 Å². The molecule has 0 spiro atoms. The Hall–Kier alpha value is -2.96. The van der Waals surface area contributed by atoms with Gasteiger partial charge in [0.15, 0.2) is 0 Å². The highest BCUT2D eigenvalue weighted by Gasteiger charge is 2.22. The van der Waals surface area contributed by atoms with E-state index < -0.39 is 18.6 Å². The van der Waals surface area contributed by atoms with Gasteiger partial charge in [0, 0.05) is 12.4 Å². The molecule has 0 aliphatic carbocycles. The second-order valence-electron chi connectivity index (χ2n) is 4.07. The van der Waals surface area contributed by atoms with Crippen LogP contribution in [0.25, 0.3) is 0 Å². The molecule has 1 aromatic heterocycles. The predicted octanol–water partition coefficient (Wildman–Crippen LogP) is 1.70. The number of carboxylic acids is 1. The fourth-order valence-corrected chi connectivity index (χ4v) is 1.58. The Balaban J connectivity index is 2.06. The minimum absolute atomic E-state index is 0.0158. The Morgan fingerprint density at radius 3 is 2.38 bits per heavy atom. The topological polar surface area (TPSA) is 92.6 Å². The maximum Gasteiger partial charge on any atom is 0.417 e. The zero-order chi connectivity index (χ0) is 15.1. The van der Waals surface area contributed by atoms with Crippen LogP contribution >= 0.6 is 0 Å². The summed E-state index contributed by atoms with van der Waals surface area (Å²) in [5.74, 6) is -1.20. The first kappa shape index (κ1) is 14.4. The molecular weight excluding hydrogens is 274 g/mol. The molecule has 1 N–H and O–H groups in total. The van der Waals surface area contributed by atoms with E-state index in [1.54, 1.807) is 18.2 Å². The van der Waals surface area contributed by atoms with Gasteiger partial charge in [0.1, 0.15) is 13.2 Å². The number of anilines is 1. The van der Waals surface area contributed by atoms with E-state index in [2.05, 4.69) is 9.97 Å². The van der Waals surface area contributed by atoms with Gasteiger partial charge < -0.3 is 9.84 Å². The van der Waals surface area contributed by atoms with Crippen molar-refractivity contribution in [2.45, 2.75) is 6.61 Å². The maximum absolute atomic E-state index is 12.0. The third-order valence-corrected chi connectivity index (χ3v) is 2.51. The first-order chi connectivity index (χ1) is 10.2. The first-order valence-corrected chi connectivity index (χ1v) is 6.14. The van der Waals surface area contributed by atoms with Crippen LogP contribution < -0.4 is 4.90 Å². The number of amides is 1. The highest BCUT2D eigenvalue weighted by atomic mass is 16.6. The van der Waals surface area contributed by atoms with Crippen LogP contribution in [0.2, 0.25) is 0 Å². The summed E-state index contributed by atoms with van der Waals surface area (Å²) < 4.78 is 5.09. The molecule has 0 aliphatic heterocycles. The van der Waals surface area contributed by atoms with Crippen LogP contribution in [0, 0.1) is 0 Å². The van der Waals surface area contributed by atoms with Crippen LogP contribution in [0.1, 0.15) is 5.56 Å². The molecule has 0 saturated heterocycles. The lowest BCUT2D eigenvalue weighted by Gasteiger charge is -2.17. The number of nitrogens with zero attached hydrogens (tertiary/aromatic N) is 3. The number of aliphatic carboxylic acids is 1. The van der Waals surface area contributed by atoms with Gasteiger partial charge in [0.25, 0.3) is 0 Å². The molecule has 2 rings (SSSR count). The van der Waals surface area contributed by atoms with E-state index in [1.807, 2.05) is 18.2 Å². The molecule has 0 bridgehead atoms. The van der Waals surface area contributed by atoms with E-state index in [4.69, 9.17) is 9.84 Å². The highest BCUT2D eigenvalue weighted by molar-refractivity contribution is 5.91. The largest absolute Gasteiger partial charge is 0.480 e. The average molecular weight is 287 g/mol. The van der Waals surface area contributed by atoms with Gasteiger partial charge in [-0.3, -0.25) is 4.79 Å². The van der Waals surface area contributed by atoms with E-state index in [9.17, 15) is 9.59 Å². The summed E-state index contributed by atoms with van der Waals surface area (Å²) in [6.45, 7) is -0.528. The zero-order valence-electron chi connectivity index (χ0n) is 11.0. The molecule has 0 atom stereocenters. The third-order valence-electron chi connectivity index (χ3n) is 2.51. The number of hydrogen-bond donors (Lipinski definition) is 1. The van der Waals surface area contributed by atoms with Crippen LogP contribution in [0.3, 0.4) is 0 Å². The minimum Gasteiger partial charge on any atom is -0.480 e. The van der Waals surface area contributed by atoms with Gasteiger partial charge in [0.2, 0.25) is 5.95 Å². The van der Waals surface area contributed by atoms with Crippen molar-refractivity contribution >= 4 is 18.0 Å². The van der Waals surface area contributed by atoms with Crippen molar-refractivity contribution in [2.75, 3.05) is 11.4 Å². The summed E-state index contributed by atoms with van der Waals surface area (Å²) in [5.41, 5.74) is 0.801. The van der Waals surface area contributed by atoms with Crippen molar-refractivity contribution in [3.05, 3.63) is 54.4 Å². The normalized spacial score (nSPS) is 9.90. The summed E-state index contributed by atoms with van der Waals surface area (Å²) in [4.78, 5) is 31.5. The van der Waals surface area contributed by atoms with Crippen molar-refractivity contribution in [3.63, 3.8) is 0 Å².